The van der Waals surface area contributed by atoms with Crippen LogP contribution in [0.25, 0.3) is 0 Å². The van der Waals surface area contributed by atoms with Crippen LogP contribution in [0.5, 0.6) is 0 Å². The number of rotatable bonds is 3. The normalized spacial score (nSPS) is 11.5. The van der Waals surface area contributed by atoms with Crippen LogP contribution in [0.1, 0.15) is 16.7 Å². The molecule has 0 aliphatic heterocycles. The summed E-state index contributed by atoms with van der Waals surface area (Å²) in [4.78, 5) is 0. The maximum atomic E-state index is 17.0. The van der Waals surface area contributed by atoms with E-state index in [4.69, 9.17) is 0 Å². The molecule has 2 heteroatoms. The van der Waals surface area contributed by atoms with E-state index < -0.39 is 18.9 Å². The van der Waals surface area contributed by atoms with Crippen molar-refractivity contribution in [1.29, 1.82) is 0 Å². The molecule has 0 amide bonds. The van der Waals surface area contributed by atoms with Crippen LogP contribution < -0.4 is 10.7 Å². The van der Waals surface area contributed by atoms with Crippen molar-refractivity contribution in [3.63, 3.8) is 0 Å². The van der Waals surface area contributed by atoms with E-state index in [-0.39, 0.29) is 0 Å². The van der Waals surface area contributed by atoms with Crippen molar-refractivity contribution in [2.24, 2.45) is 0 Å². The van der Waals surface area contributed by atoms with E-state index in [9.17, 15) is 0 Å². The summed E-state index contributed by atoms with van der Waals surface area (Å²) in [6, 6.07) is 23.9. The van der Waals surface area contributed by atoms with Gasteiger partial charge in [0.1, 0.15) is 0 Å². The molecule has 0 aliphatic rings. The zero-order chi connectivity index (χ0) is 16.4. The molecule has 0 heterocycles. The first kappa shape index (κ1) is 16.3. The van der Waals surface area contributed by atoms with Gasteiger partial charge >= 0.3 is 143 Å². The maximum absolute atomic E-state index is 17.0. The van der Waals surface area contributed by atoms with Crippen molar-refractivity contribution < 1.29 is 2.87 Å². The Hall–Kier alpha value is -1.61. The quantitative estimate of drug-likeness (QED) is 0.579. The summed E-state index contributed by atoms with van der Waals surface area (Å²) in [5, 5.41) is 0. The molecule has 116 valence electrons. The molecule has 0 aliphatic carbocycles. The van der Waals surface area contributed by atoms with Gasteiger partial charge in [0, 0.05) is 0 Å². The van der Waals surface area contributed by atoms with E-state index >= 15 is 2.87 Å². The number of benzene rings is 3. The molecule has 0 spiro atoms. The van der Waals surface area contributed by atoms with Gasteiger partial charge in [0.2, 0.25) is 0 Å². The Labute approximate surface area is 142 Å². The van der Waals surface area contributed by atoms with Crippen LogP contribution in [0, 0.1) is 20.8 Å². The molecular formula is C21H21FSn. The van der Waals surface area contributed by atoms with Gasteiger partial charge in [0.25, 0.3) is 0 Å². The summed E-state index contributed by atoms with van der Waals surface area (Å²) in [6.07, 6.45) is 0. The summed E-state index contributed by atoms with van der Waals surface area (Å²) < 4.78 is 19.7. The molecule has 3 rings (SSSR count). The second-order valence-corrected chi connectivity index (χ2v) is 14.5. The molecule has 0 saturated heterocycles. The van der Waals surface area contributed by atoms with Crippen LogP contribution >= 0.6 is 0 Å². The Kier molecular flexibility index (Phi) is 4.58. The predicted molar refractivity (Wildman–Crippen MR) is 99.3 cm³/mol. The van der Waals surface area contributed by atoms with Gasteiger partial charge in [-0.1, -0.05) is 0 Å². The van der Waals surface area contributed by atoms with Crippen molar-refractivity contribution in [1.82, 2.24) is 0 Å². The van der Waals surface area contributed by atoms with Gasteiger partial charge < -0.3 is 0 Å². The molecule has 3 aromatic carbocycles. The first-order valence-electron chi connectivity index (χ1n) is 7.92. The van der Waals surface area contributed by atoms with Crippen LogP contribution in [0.4, 0.5) is 2.87 Å². The standard InChI is InChI=1S/3C7H7.FH.Sn/c3*1-7-5-3-2-4-6-7;;/h3*2-5H,1H3;1H;/q;;;;+1/p-1. The minimum absolute atomic E-state index is 0.922. The zero-order valence-corrected chi connectivity index (χ0v) is 16.7. The van der Waals surface area contributed by atoms with Crippen LogP contribution in [0.2, 0.25) is 0 Å². The second kappa shape index (κ2) is 6.48. The van der Waals surface area contributed by atoms with Gasteiger partial charge in [0.15, 0.2) is 0 Å². The van der Waals surface area contributed by atoms with Crippen molar-refractivity contribution in [3.05, 3.63) is 89.5 Å². The monoisotopic (exact) mass is 412 g/mol. The molecule has 0 bridgehead atoms. The van der Waals surface area contributed by atoms with Gasteiger partial charge in [-0.2, -0.15) is 0 Å². The Morgan fingerprint density at radius 2 is 0.783 bits per heavy atom. The molecule has 0 atom stereocenters. The average Bonchev–Trinajstić information content (AvgIpc) is 2.55. The fourth-order valence-electron chi connectivity index (χ4n) is 3.31. The first-order chi connectivity index (χ1) is 11.0. The Balaban J connectivity index is 2.38. The molecule has 23 heavy (non-hydrogen) atoms. The number of halogens is 1. The van der Waals surface area contributed by atoms with Crippen molar-refractivity contribution in [2.75, 3.05) is 0 Å². The summed E-state index contributed by atoms with van der Waals surface area (Å²) in [5.41, 5.74) is 3.16. The van der Waals surface area contributed by atoms with Crippen molar-refractivity contribution >= 4 is 29.7 Å². The Bertz CT molecular complexity index is 728. The average molecular weight is 411 g/mol. The Morgan fingerprint density at radius 3 is 1.04 bits per heavy atom. The number of hydrogen-bond donors (Lipinski definition) is 0. The van der Waals surface area contributed by atoms with Crippen LogP contribution in [0.3, 0.4) is 0 Å². The molecule has 0 fully saturated rings. The third kappa shape index (κ3) is 2.83. The SMILES string of the molecule is Cc1cccc[c]1[Sn]([F])([c]1ccccc1C)[c]1ccccc1C. The van der Waals surface area contributed by atoms with Gasteiger partial charge in [-0.05, 0) is 0 Å². The van der Waals surface area contributed by atoms with Gasteiger partial charge in [-0.15, -0.1) is 0 Å². The molecule has 0 nitrogen and oxygen atoms in total. The first-order valence-corrected chi connectivity index (χ1v) is 13.3. The summed E-state index contributed by atoms with van der Waals surface area (Å²) in [7, 11) is 0. The van der Waals surface area contributed by atoms with E-state index in [2.05, 4.69) is 0 Å². The minimum atomic E-state index is -4.46. The van der Waals surface area contributed by atoms with Crippen LogP contribution in [-0.4, -0.2) is 18.9 Å². The predicted octanol–water partition coefficient (Wildman–Crippen LogP) is 3.55. The van der Waals surface area contributed by atoms with Crippen molar-refractivity contribution in [3.8, 4) is 0 Å². The van der Waals surface area contributed by atoms with E-state index in [0.29, 0.717) is 0 Å². The van der Waals surface area contributed by atoms with E-state index in [1.807, 2.05) is 93.6 Å². The Morgan fingerprint density at radius 1 is 0.522 bits per heavy atom. The summed E-state index contributed by atoms with van der Waals surface area (Å²) in [6.45, 7) is 6.07. The second-order valence-electron chi connectivity index (χ2n) is 6.10. The number of hydrogen-bond acceptors (Lipinski definition) is 0. The summed E-state index contributed by atoms with van der Waals surface area (Å²) in [5.74, 6) is 0. The molecule has 0 N–H and O–H groups in total. The molecule has 3 aromatic rings. The van der Waals surface area contributed by atoms with Crippen LogP contribution in [-0.2, 0) is 0 Å². The molecular weight excluding hydrogens is 390 g/mol. The molecule has 0 radical (unpaired) electrons. The van der Waals surface area contributed by atoms with E-state index in [1.54, 1.807) is 0 Å². The summed E-state index contributed by atoms with van der Waals surface area (Å²) >= 11 is -4.46. The molecule has 0 aromatic heterocycles. The topological polar surface area (TPSA) is 0 Å². The van der Waals surface area contributed by atoms with Gasteiger partial charge in [-0.3, -0.25) is 0 Å². The zero-order valence-electron chi connectivity index (χ0n) is 13.8. The number of aryl methyl sites for hydroxylation is 3. The molecule has 0 saturated carbocycles. The molecule has 0 unspecified atom stereocenters. The third-order valence-corrected chi connectivity index (χ3v) is 15.7. The van der Waals surface area contributed by atoms with E-state index in [0.717, 1.165) is 27.4 Å². The van der Waals surface area contributed by atoms with Gasteiger partial charge in [-0.25, -0.2) is 0 Å². The third-order valence-electron chi connectivity index (χ3n) is 4.55. The van der Waals surface area contributed by atoms with E-state index in [1.165, 1.54) is 0 Å². The van der Waals surface area contributed by atoms with Gasteiger partial charge in [0.05, 0.1) is 0 Å². The van der Waals surface area contributed by atoms with Crippen molar-refractivity contribution in [2.45, 2.75) is 20.8 Å². The van der Waals surface area contributed by atoms with Crippen LogP contribution in [0.15, 0.2) is 72.8 Å². The fraction of sp³-hybridized carbons (Fsp3) is 0.143. The fourth-order valence-corrected chi connectivity index (χ4v) is 14.0.